The van der Waals surface area contributed by atoms with Gasteiger partial charge in [-0.1, -0.05) is 19.1 Å². The molecule has 0 radical (unpaired) electrons. The highest BCUT2D eigenvalue weighted by Gasteiger charge is 2.36. The van der Waals surface area contributed by atoms with Gasteiger partial charge in [0, 0.05) is 25.6 Å². The first-order chi connectivity index (χ1) is 8.09. The summed E-state index contributed by atoms with van der Waals surface area (Å²) in [4.78, 5) is 14.7. The van der Waals surface area contributed by atoms with Crippen molar-refractivity contribution in [2.45, 2.75) is 32.3 Å². The maximum atomic E-state index is 12.3. The molecule has 0 aromatic heterocycles. The molecule has 5 heteroatoms. The Balaban J connectivity index is 1.97. The van der Waals surface area contributed by atoms with Crippen LogP contribution in [0.1, 0.15) is 26.2 Å². The number of piperidine rings is 1. The Morgan fingerprint density at radius 1 is 1.47 bits per heavy atom. The largest absolute Gasteiger partial charge is 0.393 e. The van der Waals surface area contributed by atoms with E-state index in [0.717, 1.165) is 25.8 Å². The fraction of sp³-hybridized carbons (Fsp3) is 0.833. The molecule has 96 valence electrons. The third-order valence-corrected chi connectivity index (χ3v) is 4.10. The van der Waals surface area contributed by atoms with Gasteiger partial charge in [0.15, 0.2) is 0 Å². The van der Waals surface area contributed by atoms with Crippen LogP contribution in [0.3, 0.4) is 0 Å². The smallest absolute Gasteiger partial charge is 0.251 e. The number of hydrogen-bond acceptors (Lipinski definition) is 3. The van der Waals surface area contributed by atoms with Gasteiger partial charge in [-0.25, -0.2) is 0 Å². The van der Waals surface area contributed by atoms with Crippen LogP contribution in [0.2, 0.25) is 0 Å². The number of ether oxygens (including phenoxy) is 1. The lowest BCUT2D eigenvalue weighted by atomic mass is 9.96. The van der Waals surface area contributed by atoms with Gasteiger partial charge in [0.2, 0.25) is 0 Å². The molecule has 0 aliphatic carbocycles. The normalized spacial score (nSPS) is 33.7. The van der Waals surface area contributed by atoms with Crippen LogP contribution >= 0.6 is 12.2 Å². The van der Waals surface area contributed by atoms with Crippen molar-refractivity contribution < 1.29 is 9.53 Å². The summed E-state index contributed by atoms with van der Waals surface area (Å²) in [5.41, 5.74) is 5.67. The van der Waals surface area contributed by atoms with Crippen LogP contribution in [0.15, 0.2) is 0 Å². The number of nitrogens with zero attached hydrogens (tertiary/aromatic N) is 1. The van der Waals surface area contributed by atoms with E-state index in [1.54, 1.807) is 0 Å². The zero-order valence-electron chi connectivity index (χ0n) is 10.2. The molecular formula is C12H20N2O2S. The van der Waals surface area contributed by atoms with Crippen LogP contribution in [0.4, 0.5) is 0 Å². The molecular weight excluding hydrogens is 236 g/mol. The molecule has 1 amide bonds. The lowest BCUT2D eigenvalue weighted by molar-refractivity contribution is -0.143. The van der Waals surface area contributed by atoms with Gasteiger partial charge in [-0.2, -0.15) is 0 Å². The second-order valence-corrected chi connectivity index (χ2v) is 5.55. The highest BCUT2D eigenvalue weighted by molar-refractivity contribution is 7.80. The molecule has 2 saturated heterocycles. The van der Waals surface area contributed by atoms with Gasteiger partial charge in [-0.05, 0) is 25.2 Å². The van der Waals surface area contributed by atoms with E-state index in [1.165, 1.54) is 0 Å². The quantitative estimate of drug-likeness (QED) is 0.747. The van der Waals surface area contributed by atoms with E-state index < -0.39 is 0 Å². The number of nitrogens with two attached hydrogens (primary N) is 1. The van der Waals surface area contributed by atoms with E-state index in [0.29, 0.717) is 24.1 Å². The maximum absolute atomic E-state index is 12.3. The Labute approximate surface area is 107 Å². The van der Waals surface area contributed by atoms with Crippen LogP contribution in [0, 0.1) is 11.8 Å². The molecule has 2 aliphatic heterocycles. The first kappa shape index (κ1) is 12.8. The molecule has 2 fully saturated rings. The molecule has 0 bridgehead atoms. The summed E-state index contributed by atoms with van der Waals surface area (Å²) in [6.07, 6.45) is 2.71. The van der Waals surface area contributed by atoms with Crippen molar-refractivity contribution in [3.05, 3.63) is 0 Å². The van der Waals surface area contributed by atoms with E-state index >= 15 is 0 Å². The van der Waals surface area contributed by atoms with Gasteiger partial charge in [-0.3, -0.25) is 4.79 Å². The first-order valence-electron chi connectivity index (χ1n) is 6.29. The molecule has 17 heavy (non-hydrogen) atoms. The van der Waals surface area contributed by atoms with Crippen molar-refractivity contribution in [2.75, 3.05) is 19.7 Å². The third-order valence-electron chi connectivity index (χ3n) is 3.77. The van der Waals surface area contributed by atoms with E-state index in [2.05, 4.69) is 6.92 Å². The second kappa shape index (κ2) is 5.31. The summed E-state index contributed by atoms with van der Waals surface area (Å²) >= 11 is 5.02. The minimum Gasteiger partial charge on any atom is -0.393 e. The van der Waals surface area contributed by atoms with Gasteiger partial charge in [0.05, 0.1) is 4.99 Å². The monoisotopic (exact) mass is 256 g/mol. The zero-order chi connectivity index (χ0) is 12.4. The Kier molecular flexibility index (Phi) is 3.99. The van der Waals surface area contributed by atoms with Gasteiger partial charge in [0.1, 0.15) is 6.10 Å². The number of carbonyl (C=O) groups is 1. The van der Waals surface area contributed by atoms with Crippen molar-refractivity contribution in [1.29, 1.82) is 0 Å². The van der Waals surface area contributed by atoms with Gasteiger partial charge >= 0.3 is 0 Å². The number of thiocarbonyl (C=S) groups is 1. The zero-order valence-corrected chi connectivity index (χ0v) is 11.0. The van der Waals surface area contributed by atoms with Gasteiger partial charge < -0.3 is 15.4 Å². The fourth-order valence-corrected chi connectivity index (χ4v) is 2.79. The highest BCUT2D eigenvalue weighted by atomic mass is 32.1. The molecule has 0 saturated carbocycles. The van der Waals surface area contributed by atoms with Crippen LogP contribution < -0.4 is 5.73 Å². The minimum atomic E-state index is -0.250. The summed E-state index contributed by atoms with van der Waals surface area (Å²) in [5, 5.41) is 0. The molecule has 3 atom stereocenters. The van der Waals surface area contributed by atoms with E-state index in [-0.39, 0.29) is 17.9 Å². The van der Waals surface area contributed by atoms with Crippen molar-refractivity contribution in [2.24, 2.45) is 17.6 Å². The van der Waals surface area contributed by atoms with Crippen molar-refractivity contribution in [1.82, 2.24) is 4.90 Å². The maximum Gasteiger partial charge on any atom is 0.251 e. The summed E-state index contributed by atoms with van der Waals surface area (Å²) in [6, 6.07) is 0. The molecule has 4 nitrogen and oxygen atoms in total. The average Bonchev–Trinajstić information content (AvgIpc) is 2.74. The Morgan fingerprint density at radius 2 is 2.24 bits per heavy atom. The van der Waals surface area contributed by atoms with Gasteiger partial charge in [-0.15, -0.1) is 0 Å². The molecule has 2 N–H and O–H groups in total. The highest BCUT2D eigenvalue weighted by Crippen LogP contribution is 2.24. The SMILES string of the molecule is CC1CCOC1C(=O)N1CCCC(C(N)=S)C1. The molecule has 0 aromatic carbocycles. The summed E-state index contributed by atoms with van der Waals surface area (Å²) < 4.78 is 5.52. The number of rotatable bonds is 2. The second-order valence-electron chi connectivity index (χ2n) is 5.08. The minimum absolute atomic E-state index is 0.121. The van der Waals surface area contributed by atoms with E-state index in [1.807, 2.05) is 4.90 Å². The number of likely N-dealkylation sites (tertiary alicyclic amines) is 1. The summed E-state index contributed by atoms with van der Waals surface area (Å²) in [6.45, 7) is 4.25. The first-order valence-corrected chi connectivity index (χ1v) is 6.70. The Bertz CT molecular complexity index is 322. The molecule has 2 heterocycles. The lowest BCUT2D eigenvalue weighted by Crippen LogP contribution is -2.48. The molecule has 0 aromatic rings. The van der Waals surface area contributed by atoms with Crippen molar-refractivity contribution >= 4 is 23.1 Å². The van der Waals surface area contributed by atoms with Crippen molar-refractivity contribution in [3.63, 3.8) is 0 Å². The van der Waals surface area contributed by atoms with Gasteiger partial charge in [0.25, 0.3) is 5.91 Å². The third kappa shape index (κ3) is 2.77. The summed E-state index contributed by atoms with van der Waals surface area (Å²) in [5.74, 6) is 0.628. The van der Waals surface area contributed by atoms with Crippen LogP contribution in [-0.2, 0) is 9.53 Å². The Hall–Kier alpha value is -0.680. The van der Waals surface area contributed by atoms with Crippen molar-refractivity contribution in [3.8, 4) is 0 Å². The summed E-state index contributed by atoms with van der Waals surface area (Å²) in [7, 11) is 0. The molecule has 3 unspecified atom stereocenters. The Morgan fingerprint density at radius 3 is 2.82 bits per heavy atom. The standard InChI is InChI=1S/C12H20N2O2S/c1-8-4-6-16-10(8)12(15)14-5-2-3-9(7-14)11(13)17/h8-10H,2-7H2,1H3,(H2,13,17). The molecule has 2 aliphatic rings. The lowest BCUT2D eigenvalue weighted by Gasteiger charge is -2.34. The predicted octanol–water partition coefficient (Wildman–Crippen LogP) is 0.936. The molecule has 2 rings (SSSR count). The molecule has 0 spiro atoms. The van der Waals surface area contributed by atoms with Crippen LogP contribution in [0.25, 0.3) is 0 Å². The number of hydrogen-bond donors (Lipinski definition) is 1. The van der Waals surface area contributed by atoms with E-state index in [9.17, 15) is 4.79 Å². The average molecular weight is 256 g/mol. The number of carbonyl (C=O) groups excluding carboxylic acids is 1. The fourth-order valence-electron chi connectivity index (χ4n) is 2.60. The van der Waals surface area contributed by atoms with Crippen LogP contribution in [0.5, 0.6) is 0 Å². The topological polar surface area (TPSA) is 55.6 Å². The van der Waals surface area contributed by atoms with E-state index in [4.69, 9.17) is 22.7 Å². The van der Waals surface area contributed by atoms with Crippen LogP contribution in [-0.4, -0.2) is 41.6 Å². The predicted molar refractivity (Wildman–Crippen MR) is 69.6 cm³/mol. The number of amides is 1.